The van der Waals surface area contributed by atoms with Gasteiger partial charge in [0, 0.05) is 32.3 Å². The minimum absolute atomic E-state index is 0.380. The molecule has 114 valence electrons. The van der Waals surface area contributed by atoms with Crippen molar-refractivity contribution < 1.29 is 13.2 Å². The van der Waals surface area contributed by atoms with E-state index in [0.717, 1.165) is 25.9 Å². The van der Waals surface area contributed by atoms with Crippen LogP contribution < -0.4 is 10.0 Å². The molecule has 0 aliphatic heterocycles. The largest absolute Gasteiger partial charge is 0.381 e. The summed E-state index contributed by atoms with van der Waals surface area (Å²) < 4.78 is 31.8. The van der Waals surface area contributed by atoms with Crippen molar-refractivity contribution in [1.82, 2.24) is 10.0 Å². The van der Waals surface area contributed by atoms with E-state index in [0.29, 0.717) is 25.7 Å². The highest BCUT2D eigenvalue weighted by molar-refractivity contribution is 7.90. The molecule has 0 radical (unpaired) electrons. The average Bonchev–Trinajstić information content (AvgIpc) is 3.18. The first-order valence-corrected chi connectivity index (χ1v) is 8.90. The van der Waals surface area contributed by atoms with Crippen molar-refractivity contribution in [3.05, 3.63) is 0 Å². The van der Waals surface area contributed by atoms with Gasteiger partial charge in [0.1, 0.15) is 0 Å². The van der Waals surface area contributed by atoms with Gasteiger partial charge in [0.25, 0.3) is 0 Å². The van der Waals surface area contributed by atoms with Gasteiger partial charge in [-0.1, -0.05) is 13.3 Å². The molecule has 1 saturated carbocycles. The minimum Gasteiger partial charge on any atom is -0.381 e. The second-order valence-electron chi connectivity index (χ2n) is 5.25. The first-order valence-electron chi connectivity index (χ1n) is 7.36. The van der Waals surface area contributed by atoms with Crippen molar-refractivity contribution in [2.75, 3.05) is 26.3 Å². The third kappa shape index (κ3) is 7.87. The molecule has 0 saturated heterocycles. The number of ether oxygens (including phenoxy) is 1. The molecule has 0 heterocycles. The predicted octanol–water partition coefficient (Wildman–Crippen LogP) is 1.25. The molecule has 2 N–H and O–H groups in total. The van der Waals surface area contributed by atoms with Crippen LogP contribution in [0.3, 0.4) is 0 Å². The molecular formula is C13H28N2O3S. The molecule has 1 atom stereocenters. The van der Waals surface area contributed by atoms with Crippen molar-refractivity contribution in [3.8, 4) is 0 Å². The molecule has 1 aliphatic rings. The van der Waals surface area contributed by atoms with Crippen molar-refractivity contribution in [1.29, 1.82) is 0 Å². The van der Waals surface area contributed by atoms with E-state index in [9.17, 15) is 8.42 Å². The van der Waals surface area contributed by atoms with Crippen LogP contribution in [0, 0.1) is 0 Å². The van der Waals surface area contributed by atoms with E-state index in [1.807, 2.05) is 0 Å². The zero-order valence-electron chi connectivity index (χ0n) is 12.2. The molecule has 5 nitrogen and oxygen atoms in total. The van der Waals surface area contributed by atoms with Crippen LogP contribution in [0.1, 0.15) is 46.0 Å². The lowest BCUT2D eigenvalue weighted by molar-refractivity contribution is 0.130. The molecular weight excluding hydrogens is 264 g/mol. The van der Waals surface area contributed by atoms with Crippen LogP contribution in [0.25, 0.3) is 0 Å². The summed E-state index contributed by atoms with van der Waals surface area (Å²) in [5, 5.41) is 2.86. The van der Waals surface area contributed by atoms with Gasteiger partial charge >= 0.3 is 0 Å². The molecule has 0 amide bonds. The van der Waals surface area contributed by atoms with Gasteiger partial charge in [0.05, 0.1) is 5.25 Å². The molecule has 0 spiro atoms. The van der Waals surface area contributed by atoms with E-state index >= 15 is 0 Å². The van der Waals surface area contributed by atoms with Crippen molar-refractivity contribution >= 4 is 10.0 Å². The van der Waals surface area contributed by atoms with E-state index in [1.165, 1.54) is 12.8 Å². The number of rotatable bonds is 12. The first kappa shape index (κ1) is 16.9. The molecule has 6 heteroatoms. The van der Waals surface area contributed by atoms with Gasteiger partial charge in [-0.2, -0.15) is 0 Å². The van der Waals surface area contributed by atoms with Gasteiger partial charge in [-0.25, -0.2) is 13.1 Å². The van der Waals surface area contributed by atoms with Gasteiger partial charge in [0.2, 0.25) is 10.0 Å². The Balaban J connectivity index is 2.04. The molecule has 0 aromatic heterocycles. The highest BCUT2D eigenvalue weighted by Crippen LogP contribution is 2.18. The molecule has 1 rings (SSSR count). The maximum atomic E-state index is 11.9. The van der Waals surface area contributed by atoms with Crippen molar-refractivity contribution in [2.45, 2.75) is 57.2 Å². The van der Waals surface area contributed by atoms with Crippen LogP contribution >= 0.6 is 0 Å². The van der Waals surface area contributed by atoms with Crippen LogP contribution in [0.5, 0.6) is 0 Å². The Kier molecular flexibility index (Phi) is 7.90. The molecule has 0 bridgehead atoms. The number of hydrogen-bond donors (Lipinski definition) is 2. The lowest BCUT2D eigenvalue weighted by Gasteiger charge is -2.14. The number of hydrogen-bond acceptors (Lipinski definition) is 4. The van der Waals surface area contributed by atoms with Crippen LogP contribution in [0.15, 0.2) is 0 Å². The Morgan fingerprint density at radius 3 is 2.58 bits per heavy atom. The van der Waals surface area contributed by atoms with Crippen LogP contribution in [0.4, 0.5) is 0 Å². The zero-order chi connectivity index (χ0) is 14.1. The fourth-order valence-electron chi connectivity index (χ4n) is 1.61. The molecule has 1 fully saturated rings. The highest BCUT2D eigenvalue weighted by atomic mass is 32.2. The predicted molar refractivity (Wildman–Crippen MR) is 77.8 cm³/mol. The Hall–Kier alpha value is -0.170. The molecule has 1 unspecified atom stereocenters. The van der Waals surface area contributed by atoms with E-state index in [4.69, 9.17) is 4.74 Å². The third-order valence-electron chi connectivity index (χ3n) is 3.21. The van der Waals surface area contributed by atoms with Crippen molar-refractivity contribution in [2.24, 2.45) is 0 Å². The SMILES string of the molecule is CCCCOCCCNS(=O)(=O)C(C)CNC1CC1. The van der Waals surface area contributed by atoms with Crippen LogP contribution in [0.2, 0.25) is 0 Å². The minimum atomic E-state index is -3.19. The molecule has 1 aliphatic carbocycles. The molecule has 19 heavy (non-hydrogen) atoms. The molecule has 0 aromatic carbocycles. The molecule has 0 aromatic rings. The quantitative estimate of drug-likeness (QED) is 0.531. The summed E-state index contributed by atoms with van der Waals surface area (Å²) in [6, 6.07) is 0.546. The summed E-state index contributed by atoms with van der Waals surface area (Å²) >= 11 is 0. The van der Waals surface area contributed by atoms with Gasteiger partial charge in [-0.3, -0.25) is 0 Å². The fraction of sp³-hybridized carbons (Fsp3) is 1.00. The van der Waals surface area contributed by atoms with Crippen molar-refractivity contribution in [3.63, 3.8) is 0 Å². The summed E-state index contributed by atoms with van der Waals surface area (Å²) in [4.78, 5) is 0. The summed E-state index contributed by atoms with van der Waals surface area (Å²) in [7, 11) is -3.19. The second kappa shape index (κ2) is 8.89. The van der Waals surface area contributed by atoms with E-state index in [1.54, 1.807) is 6.92 Å². The Morgan fingerprint density at radius 1 is 1.26 bits per heavy atom. The van der Waals surface area contributed by atoms with Gasteiger partial charge in [0.15, 0.2) is 0 Å². The van der Waals surface area contributed by atoms with Gasteiger partial charge < -0.3 is 10.1 Å². The lowest BCUT2D eigenvalue weighted by Crippen LogP contribution is -2.40. The second-order valence-corrected chi connectivity index (χ2v) is 7.44. The lowest BCUT2D eigenvalue weighted by atomic mass is 10.4. The standard InChI is InChI=1S/C13H28N2O3S/c1-3-4-9-18-10-5-8-15-19(16,17)12(2)11-14-13-6-7-13/h12-15H,3-11H2,1-2H3. The smallest absolute Gasteiger partial charge is 0.215 e. The summed E-state index contributed by atoms with van der Waals surface area (Å²) in [5.74, 6) is 0. The van der Waals surface area contributed by atoms with Crippen LogP contribution in [-0.2, 0) is 14.8 Å². The third-order valence-corrected chi connectivity index (χ3v) is 5.04. The fourth-order valence-corrected chi connectivity index (χ4v) is 2.64. The maximum Gasteiger partial charge on any atom is 0.215 e. The number of unbranched alkanes of at least 4 members (excludes halogenated alkanes) is 1. The first-order chi connectivity index (χ1) is 9.06. The van der Waals surface area contributed by atoms with E-state index in [-0.39, 0.29) is 5.25 Å². The number of nitrogens with one attached hydrogen (secondary N) is 2. The highest BCUT2D eigenvalue weighted by Gasteiger charge is 2.25. The van der Waals surface area contributed by atoms with Gasteiger partial charge in [-0.05, 0) is 32.6 Å². The maximum absolute atomic E-state index is 11.9. The monoisotopic (exact) mass is 292 g/mol. The van der Waals surface area contributed by atoms with E-state index in [2.05, 4.69) is 17.0 Å². The normalized spacial score (nSPS) is 17.6. The Labute approximate surface area is 117 Å². The van der Waals surface area contributed by atoms with E-state index < -0.39 is 10.0 Å². The van der Waals surface area contributed by atoms with Crippen LogP contribution in [-0.4, -0.2) is 46.0 Å². The Bertz CT molecular complexity index is 329. The number of sulfonamides is 1. The summed E-state index contributed by atoms with van der Waals surface area (Å²) in [5.41, 5.74) is 0. The average molecular weight is 292 g/mol. The van der Waals surface area contributed by atoms with Gasteiger partial charge in [-0.15, -0.1) is 0 Å². The summed E-state index contributed by atoms with van der Waals surface area (Å²) in [6.07, 6.45) is 5.27. The topological polar surface area (TPSA) is 67.4 Å². The zero-order valence-corrected chi connectivity index (χ0v) is 13.0. The summed E-state index contributed by atoms with van der Waals surface area (Å²) in [6.45, 7) is 6.25. The Morgan fingerprint density at radius 2 is 1.95 bits per heavy atom.